The zero-order chi connectivity index (χ0) is 13.3. The highest BCUT2D eigenvalue weighted by molar-refractivity contribution is 4.62. The van der Waals surface area contributed by atoms with E-state index in [-0.39, 0.29) is 6.10 Å². The Kier molecular flexibility index (Phi) is 9.91. The third kappa shape index (κ3) is 9.64. The standard InChI is InChI=1S/C16H34O/c1-6-13(2)9-7-10-14(3)11-8-12-15(4)16(5)17/h13-17H,6-12H2,1-5H3/t13-,14+,15-,16-/m1/s1. The van der Waals surface area contributed by atoms with E-state index in [0.717, 1.165) is 11.8 Å². The lowest BCUT2D eigenvalue weighted by atomic mass is 9.91. The molecule has 0 heterocycles. The van der Waals surface area contributed by atoms with Crippen LogP contribution in [0, 0.1) is 17.8 Å². The van der Waals surface area contributed by atoms with Gasteiger partial charge in [0.1, 0.15) is 0 Å². The summed E-state index contributed by atoms with van der Waals surface area (Å²) in [6.45, 7) is 11.1. The van der Waals surface area contributed by atoms with Crippen molar-refractivity contribution in [1.29, 1.82) is 0 Å². The highest BCUT2D eigenvalue weighted by Crippen LogP contribution is 2.20. The number of aliphatic hydroxyl groups excluding tert-OH is 1. The van der Waals surface area contributed by atoms with E-state index in [0.29, 0.717) is 5.92 Å². The third-order valence-electron chi connectivity index (χ3n) is 4.27. The van der Waals surface area contributed by atoms with Crippen molar-refractivity contribution >= 4 is 0 Å². The van der Waals surface area contributed by atoms with Gasteiger partial charge in [-0.15, -0.1) is 0 Å². The van der Waals surface area contributed by atoms with Crippen LogP contribution in [0.3, 0.4) is 0 Å². The predicted molar refractivity (Wildman–Crippen MR) is 77.2 cm³/mol. The molecule has 0 aromatic heterocycles. The summed E-state index contributed by atoms with van der Waals surface area (Å²) in [4.78, 5) is 0. The molecule has 0 aliphatic rings. The quantitative estimate of drug-likeness (QED) is 0.570. The highest BCUT2D eigenvalue weighted by Gasteiger charge is 2.09. The van der Waals surface area contributed by atoms with E-state index >= 15 is 0 Å². The molecule has 104 valence electrons. The first-order chi connectivity index (χ1) is 7.97. The first kappa shape index (κ1) is 17.0. The van der Waals surface area contributed by atoms with E-state index in [2.05, 4.69) is 27.7 Å². The van der Waals surface area contributed by atoms with Gasteiger partial charge in [0.15, 0.2) is 0 Å². The molecular weight excluding hydrogens is 208 g/mol. The van der Waals surface area contributed by atoms with Crippen molar-refractivity contribution in [2.45, 2.75) is 85.7 Å². The van der Waals surface area contributed by atoms with Crippen LogP contribution in [0.2, 0.25) is 0 Å². The first-order valence-electron chi connectivity index (χ1n) is 7.65. The van der Waals surface area contributed by atoms with Gasteiger partial charge >= 0.3 is 0 Å². The minimum Gasteiger partial charge on any atom is -0.393 e. The molecule has 0 aromatic carbocycles. The van der Waals surface area contributed by atoms with Crippen LogP contribution in [0.5, 0.6) is 0 Å². The third-order valence-corrected chi connectivity index (χ3v) is 4.27. The molecule has 0 saturated heterocycles. The summed E-state index contributed by atoms with van der Waals surface area (Å²) in [5.74, 6) is 2.22. The summed E-state index contributed by atoms with van der Waals surface area (Å²) >= 11 is 0. The number of hydrogen-bond donors (Lipinski definition) is 1. The molecule has 0 radical (unpaired) electrons. The summed E-state index contributed by atoms with van der Waals surface area (Å²) in [5.41, 5.74) is 0. The van der Waals surface area contributed by atoms with Gasteiger partial charge in [0, 0.05) is 0 Å². The van der Waals surface area contributed by atoms with Crippen molar-refractivity contribution in [3.63, 3.8) is 0 Å². The van der Waals surface area contributed by atoms with Gasteiger partial charge in [0.05, 0.1) is 6.10 Å². The second-order valence-corrected chi connectivity index (χ2v) is 6.20. The lowest BCUT2D eigenvalue weighted by Crippen LogP contribution is -2.13. The van der Waals surface area contributed by atoms with Crippen LogP contribution < -0.4 is 0 Å². The number of rotatable bonds is 10. The fraction of sp³-hybridized carbons (Fsp3) is 1.00. The van der Waals surface area contributed by atoms with Gasteiger partial charge in [0.2, 0.25) is 0 Å². The molecule has 0 amide bonds. The summed E-state index contributed by atoms with van der Waals surface area (Å²) < 4.78 is 0. The fourth-order valence-electron chi connectivity index (χ4n) is 2.19. The van der Waals surface area contributed by atoms with Gasteiger partial charge in [-0.2, -0.15) is 0 Å². The lowest BCUT2D eigenvalue weighted by Gasteiger charge is -2.16. The minimum atomic E-state index is -0.143. The van der Waals surface area contributed by atoms with Crippen molar-refractivity contribution in [3.05, 3.63) is 0 Å². The molecule has 0 aliphatic carbocycles. The average Bonchev–Trinajstić information content (AvgIpc) is 2.28. The maximum absolute atomic E-state index is 9.42. The van der Waals surface area contributed by atoms with Crippen LogP contribution in [0.25, 0.3) is 0 Å². The minimum absolute atomic E-state index is 0.143. The van der Waals surface area contributed by atoms with Crippen molar-refractivity contribution < 1.29 is 5.11 Å². The molecule has 0 aliphatic heterocycles. The predicted octanol–water partition coefficient (Wildman–Crippen LogP) is 5.03. The topological polar surface area (TPSA) is 20.2 Å². The molecule has 4 atom stereocenters. The number of aliphatic hydroxyl groups is 1. The van der Waals surface area contributed by atoms with Gasteiger partial charge in [-0.25, -0.2) is 0 Å². The SMILES string of the molecule is CC[C@@H](C)CCC[C@H](C)CCC[C@@H](C)[C@@H](C)O. The van der Waals surface area contributed by atoms with E-state index in [1.165, 1.54) is 44.9 Å². The highest BCUT2D eigenvalue weighted by atomic mass is 16.3. The molecule has 1 heteroatoms. The van der Waals surface area contributed by atoms with E-state index in [1.807, 2.05) is 6.92 Å². The summed E-state index contributed by atoms with van der Waals surface area (Å²) in [7, 11) is 0. The van der Waals surface area contributed by atoms with Crippen LogP contribution in [-0.4, -0.2) is 11.2 Å². The second kappa shape index (κ2) is 9.94. The number of hydrogen-bond acceptors (Lipinski definition) is 1. The van der Waals surface area contributed by atoms with E-state index < -0.39 is 0 Å². The molecule has 0 spiro atoms. The summed E-state index contributed by atoms with van der Waals surface area (Å²) in [6, 6.07) is 0. The fourth-order valence-corrected chi connectivity index (χ4v) is 2.19. The second-order valence-electron chi connectivity index (χ2n) is 6.20. The summed E-state index contributed by atoms with van der Waals surface area (Å²) in [6.07, 6.45) is 9.12. The Bertz CT molecular complexity index is 165. The molecular formula is C16H34O. The average molecular weight is 242 g/mol. The van der Waals surface area contributed by atoms with Gasteiger partial charge in [-0.3, -0.25) is 0 Å². The molecule has 0 rings (SSSR count). The Morgan fingerprint density at radius 2 is 1.24 bits per heavy atom. The maximum atomic E-state index is 9.42. The van der Waals surface area contributed by atoms with Crippen LogP contribution in [0.4, 0.5) is 0 Å². The van der Waals surface area contributed by atoms with Crippen molar-refractivity contribution in [2.75, 3.05) is 0 Å². The Morgan fingerprint density at radius 3 is 1.71 bits per heavy atom. The van der Waals surface area contributed by atoms with Gasteiger partial charge in [-0.05, 0) is 31.1 Å². The van der Waals surface area contributed by atoms with Crippen molar-refractivity contribution in [3.8, 4) is 0 Å². The smallest absolute Gasteiger partial charge is 0.0537 e. The molecule has 0 aromatic rings. The Balaban J connectivity index is 3.43. The molecule has 1 N–H and O–H groups in total. The Hall–Kier alpha value is -0.0400. The monoisotopic (exact) mass is 242 g/mol. The van der Waals surface area contributed by atoms with E-state index in [9.17, 15) is 5.11 Å². The molecule has 0 saturated carbocycles. The van der Waals surface area contributed by atoms with Gasteiger partial charge in [0.25, 0.3) is 0 Å². The maximum Gasteiger partial charge on any atom is 0.0537 e. The van der Waals surface area contributed by atoms with Gasteiger partial charge in [-0.1, -0.05) is 66.2 Å². The molecule has 0 fully saturated rings. The van der Waals surface area contributed by atoms with Crippen molar-refractivity contribution in [2.24, 2.45) is 17.8 Å². The molecule has 0 bridgehead atoms. The van der Waals surface area contributed by atoms with Gasteiger partial charge < -0.3 is 5.11 Å². The van der Waals surface area contributed by atoms with Crippen molar-refractivity contribution in [1.82, 2.24) is 0 Å². The summed E-state index contributed by atoms with van der Waals surface area (Å²) in [5, 5.41) is 9.42. The Labute approximate surface area is 109 Å². The largest absolute Gasteiger partial charge is 0.393 e. The molecule has 17 heavy (non-hydrogen) atoms. The van der Waals surface area contributed by atoms with Crippen LogP contribution >= 0.6 is 0 Å². The lowest BCUT2D eigenvalue weighted by molar-refractivity contribution is 0.127. The zero-order valence-electron chi connectivity index (χ0n) is 12.7. The van der Waals surface area contributed by atoms with E-state index in [4.69, 9.17) is 0 Å². The van der Waals surface area contributed by atoms with Crippen LogP contribution in [-0.2, 0) is 0 Å². The molecule has 0 unspecified atom stereocenters. The zero-order valence-corrected chi connectivity index (χ0v) is 12.7. The molecule has 1 nitrogen and oxygen atoms in total. The first-order valence-corrected chi connectivity index (χ1v) is 7.65. The van der Waals surface area contributed by atoms with Crippen LogP contribution in [0.15, 0.2) is 0 Å². The van der Waals surface area contributed by atoms with Crippen LogP contribution in [0.1, 0.15) is 79.6 Å². The Morgan fingerprint density at radius 1 is 0.765 bits per heavy atom. The normalized spacial score (nSPS) is 18.7. The van der Waals surface area contributed by atoms with E-state index in [1.54, 1.807) is 0 Å².